The Hall–Kier alpha value is -8.01. The maximum atomic E-state index is 17.2. The van der Waals surface area contributed by atoms with Gasteiger partial charge in [0.05, 0.1) is 49.6 Å². The van der Waals surface area contributed by atoms with Crippen LogP contribution in [0, 0.1) is 90.2 Å². The number of hydrogen-bond acceptors (Lipinski definition) is 5. The fraction of sp³-hybridized carbons (Fsp3) is 0.0556. The van der Waals surface area contributed by atoms with Crippen molar-refractivity contribution in [2.45, 2.75) is 13.3 Å². The Morgan fingerprint density at radius 2 is 1.28 bits per heavy atom. The maximum Gasteiger partial charge on any atom is 0.573 e. The number of aryl methyl sites for hydroxylation is 1. The van der Waals surface area contributed by atoms with E-state index in [1.807, 2.05) is 0 Å². The largest absolute Gasteiger partial charge is 0.573 e. The molecule has 0 amide bonds. The van der Waals surface area contributed by atoms with E-state index in [0.29, 0.717) is 11.6 Å². The first-order chi connectivity index (χ1) is 23.8. The molecular weight excluding hydrogens is 655 g/mol. The van der Waals surface area contributed by atoms with Crippen LogP contribution in [-0.2, 0) is 0 Å². The number of hydrogen-bond donors (Lipinski definition) is 0. The fourth-order valence-corrected chi connectivity index (χ4v) is 5.82. The maximum absolute atomic E-state index is 17.2. The highest BCUT2D eigenvalue weighted by molar-refractivity contribution is 6.29. The second-order valence-electron chi connectivity index (χ2n) is 10.2. The average Bonchev–Trinajstić information content (AvgIpc) is 3.62. The van der Waals surface area contributed by atoms with Gasteiger partial charge in [-0.05, 0) is 52.5 Å². The molecule has 2 aliphatic carbocycles. The zero-order chi connectivity index (χ0) is 36.7. The van der Waals surface area contributed by atoms with Crippen LogP contribution in [0.4, 0.5) is 27.6 Å². The van der Waals surface area contributed by atoms with Crippen LogP contribution in [0.2, 0.25) is 0 Å². The second kappa shape index (κ2) is 12.3. The molecule has 0 radical (unpaired) electrons. The Kier molecular flexibility index (Phi) is 8.21. The van der Waals surface area contributed by atoms with Gasteiger partial charge in [0.1, 0.15) is 29.5 Å². The number of benzene rings is 3. The minimum Gasteiger partial charge on any atom is -0.404 e. The van der Waals surface area contributed by atoms with Gasteiger partial charge in [0.15, 0.2) is 5.69 Å². The van der Waals surface area contributed by atoms with Gasteiger partial charge in [0, 0.05) is 27.8 Å². The smallest absolute Gasteiger partial charge is 0.404 e. The van der Waals surface area contributed by atoms with E-state index in [2.05, 4.69) is 24.1 Å². The molecule has 14 heteroatoms. The van der Waals surface area contributed by atoms with Crippen molar-refractivity contribution in [3.63, 3.8) is 0 Å². The molecule has 0 N–H and O–H groups in total. The molecule has 0 bridgehead atoms. The summed E-state index contributed by atoms with van der Waals surface area (Å²) in [7, 11) is 0. The molecule has 0 aromatic heterocycles. The Bertz CT molecular complexity index is 2590. The van der Waals surface area contributed by atoms with Gasteiger partial charge >= 0.3 is 6.36 Å². The lowest BCUT2D eigenvalue weighted by molar-refractivity contribution is -0.274. The number of halogens is 5. The third-order valence-electron chi connectivity index (χ3n) is 7.71. The molecule has 9 nitrogen and oxygen atoms in total. The molecule has 5 rings (SSSR count). The highest BCUT2D eigenvalue weighted by Crippen LogP contribution is 2.58. The molecule has 234 valence electrons. The zero-order valence-corrected chi connectivity index (χ0v) is 24.8. The van der Waals surface area contributed by atoms with E-state index in [1.54, 1.807) is 19.1 Å². The number of fused-ring (bicyclic) bond motifs is 2. The molecule has 0 aliphatic heterocycles. The van der Waals surface area contributed by atoms with Crippen LogP contribution in [-0.4, -0.2) is 6.36 Å². The Labute approximate surface area is 279 Å². The summed E-state index contributed by atoms with van der Waals surface area (Å²) in [6.07, 6.45) is -5.29. The van der Waals surface area contributed by atoms with Crippen molar-refractivity contribution >= 4 is 39.2 Å². The number of nitriles is 4. The van der Waals surface area contributed by atoms with Crippen LogP contribution >= 0.6 is 0 Å². The first kappa shape index (κ1) is 33.4. The number of ether oxygens (including phenoxy) is 1. The normalized spacial score (nSPS) is 14.8. The predicted octanol–water partition coefficient (Wildman–Crippen LogP) is 9.15. The van der Waals surface area contributed by atoms with Gasteiger partial charge in [-0.3, -0.25) is 0 Å². The lowest BCUT2D eigenvalue weighted by Gasteiger charge is -2.15. The average molecular weight is 665 g/mol. The third kappa shape index (κ3) is 4.94. The molecule has 50 heavy (non-hydrogen) atoms. The molecule has 2 aliphatic rings. The molecule has 3 aromatic rings. The zero-order valence-electron chi connectivity index (χ0n) is 24.8. The minimum atomic E-state index is -5.29. The first-order valence-electron chi connectivity index (χ1n) is 13.5. The van der Waals surface area contributed by atoms with Crippen LogP contribution in [0.25, 0.3) is 52.9 Å². The Balaban J connectivity index is 1.98. The number of rotatable bonds is 3. The van der Waals surface area contributed by atoms with E-state index in [9.17, 15) is 34.2 Å². The Morgan fingerprint density at radius 1 is 0.720 bits per heavy atom. The van der Waals surface area contributed by atoms with E-state index in [1.165, 1.54) is 30.3 Å². The summed E-state index contributed by atoms with van der Waals surface area (Å²) in [6, 6.07) is 13.0. The standard InChI is InChI=1S/C36H9F5N8O/c1-16-10-17(8-9-21(16)46-2)26-29(23(15-45)48-4)31-32(35(26)49-5)34(38)30-27(33(31)37)20(13-43)25(28(30)22(14-44)47-3)18-6-7-19(12-42)24(11-18)50-36(39,40)41/h6-11H,1H3/b28-22-,29-23+. The van der Waals surface area contributed by atoms with Crippen molar-refractivity contribution in [1.29, 1.82) is 21.0 Å². The van der Waals surface area contributed by atoms with E-state index in [0.717, 1.165) is 12.1 Å². The number of alkyl halides is 3. The highest BCUT2D eigenvalue weighted by atomic mass is 19.4. The fourth-order valence-electron chi connectivity index (χ4n) is 5.82. The lowest BCUT2D eigenvalue weighted by Crippen LogP contribution is -2.18. The number of allylic oxidation sites excluding steroid dienone is 7. The SMILES string of the molecule is [C-]#[N+]C1=C(c2ccc([N+]#[C-])c(C)c2)/C(=C(/C#N)[N+]#[C-])c2c(F)c3c(c(F)c21)/C(=C(/C#N)[N+]#[C-])C(c1ccc(C#N)c(OC(F)(F)F)c1)=C3C#N. The van der Waals surface area contributed by atoms with Crippen LogP contribution in [0.1, 0.15) is 44.5 Å². The van der Waals surface area contributed by atoms with Gasteiger partial charge in [0.25, 0.3) is 11.4 Å². The van der Waals surface area contributed by atoms with Crippen molar-refractivity contribution in [1.82, 2.24) is 0 Å². The van der Waals surface area contributed by atoms with Crippen molar-refractivity contribution in [3.05, 3.63) is 150 Å². The topological polar surface area (TPSA) is 122 Å². The molecule has 0 heterocycles. The van der Waals surface area contributed by atoms with E-state index < -0.39 is 96.5 Å². The van der Waals surface area contributed by atoms with E-state index in [-0.39, 0.29) is 16.8 Å². The molecule has 0 atom stereocenters. The van der Waals surface area contributed by atoms with Gasteiger partial charge < -0.3 is 4.74 Å². The quantitative estimate of drug-likeness (QED) is 0.157. The van der Waals surface area contributed by atoms with Crippen molar-refractivity contribution in [3.8, 4) is 30.0 Å². The summed E-state index contributed by atoms with van der Waals surface area (Å²) in [6.45, 7) is 32.1. The molecule has 0 spiro atoms. The minimum absolute atomic E-state index is 0.114. The van der Waals surface area contributed by atoms with Gasteiger partial charge in [-0.1, -0.05) is 24.3 Å². The van der Waals surface area contributed by atoms with Crippen LogP contribution in [0.15, 0.2) is 47.8 Å². The van der Waals surface area contributed by atoms with Gasteiger partial charge in [0.2, 0.25) is 5.70 Å². The van der Waals surface area contributed by atoms with E-state index in [4.69, 9.17) is 26.3 Å². The van der Waals surface area contributed by atoms with E-state index >= 15 is 8.78 Å². The molecule has 3 aromatic carbocycles. The molecule has 0 saturated heterocycles. The van der Waals surface area contributed by atoms with Gasteiger partial charge in [-0.25, -0.2) is 38.7 Å². The third-order valence-corrected chi connectivity index (χ3v) is 7.71. The Morgan fingerprint density at radius 3 is 1.78 bits per heavy atom. The molecule has 0 unspecified atom stereocenters. The summed E-state index contributed by atoms with van der Waals surface area (Å²) in [4.78, 5) is 13.1. The van der Waals surface area contributed by atoms with Gasteiger partial charge in [-0.2, -0.15) is 10.5 Å². The van der Waals surface area contributed by atoms with Crippen molar-refractivity contribution < 1.29 is 26.7 Å². The summed E-state index contributed by atoms with van der Waals surface area (Å²) in [5.74, 6) is -3.91. The lowest BCUT2D eigenvalue weighted by atomic mass is 9.90. The summed E-state index contributed by atoms with van der Waals surface area (Å²) in [5.41, 5.74) is -8.45. The summed E-state index contributed by atoms with van der Waals surface area (Å²) in [5, 5.41) is 39.5. The first-order valence-corrected chi connectivity index (χ1v) is 13.5. The predicted molar refractivity (Wildman–Crippen MR) is 166 cm³/mol. The van der Waals surface area contributed by atoms with Crippen LogP contribution < -0.4 is 4.74 Å². The van der Waals surface area contributed by atoms with Crippen LogP contribution in [0.5, 0.6) is 5.75 Å². The molecular formula is C36H9F5N8O. The second-order valence-corrected chi connectivity index (χ2v) is 10.2. The van der Waals surface area contributed by atoms with Crippen molar-refractivity contribution in [2.75, 3.05) is 0 Å². The van der Waals surface area contributed by atoms with Crippen LogP contribution in [0.3, 0.4) is 0 Å². The highest BCUT2D eigenvalue weighted by Gasteiger charge is 2.44. The van der Waals surface area contributed by atoms with Crippen molar-refractivity contribution in [2.24, 2.45) is 0 Å². The monoisotopic (exact) mass is 664 g/mol. The van der Waals surface area contributed by atoms with Gasteiger partial charge in [-0.15, -0.1) is 13.2 Å². The molecule has 0 fully saturated rings. The summed E-state index contributed by atoms with van der Waals surface area (Å²) >= 11 is 0. The number of nitrogens with zero attached hydrogens (tertiary/aromatic N) is 8. The molecule has 0 saturated carbocycles. The summed E-state index contributed by atoms with van der Waals surface area (Å²) < 4.78 is 78.0.